The molecule has 7 heteroatoms. The molecule has 3 rings (SSSR count). The molecule has 0 spiro atoms. The van der Waals surface area contributed by atoms with Gasteiger partial charge in [0.25, 0.3) is 11.5 Å². The molecular weight excluding hydrogens is 354 g/mol. The zero-order valence-electron chi connectivity index (χ0n) is 14.2. The molecule has 0 radical (unpaired) electrons. The number of benzene rings is 2. The fourth-order valence-corrected chi connectivity index (χ4v) is 2.65. The number of nitrogens with zero attached hydrogens (tertiary/aromatic N) is 2. The van der Waals surface area contributed by atoms with Crippen LogP contribution in [0.5, 0.6) is 5.75 Å². The Kier molecular flexibility index (Phi) is 4.77. The van der Waals surface area contributed by atoms with Gasteiger partial charge in [0.15, 0.2) is 11.4 Å². The maximum Gasteiger partial charge on any atom is 0.280 e. The summed E-state index contributed by atoms with van der Waals surface area (Å²) >= 11 is 6.05. The highest BCUT2D eigenvalue weighted by Crippen LogP contribution is 2.24. The van der Waals surface area contributed by atoms with Crippen LogP contribution in [-0.4, -0.2) is 20.8 Å². The fraction of sp³-hybridized carbons (Fsp3) is 0.105. The maximum absolute atomic E-state index is 12.6. The molecule has 0 atom stereocenters. The minimum absolute atomic E-state index is 0.259. The smallest absolute Gasteiger partial charge is 0.280 e. The van der Waals surface area contributed by atoms with Crippen molar-refractivity contribution in [3.8, 4) is 11.4 Å². The Morgan fingerprint density at radius 1 is 1.15 bits per heavy atom. The Hall–Kier alpha value is -3.12. The average molecular weight is 370 g/mol. The molecule has 0 bridgehead atoms. The molecule has 6 nitrogen and oxygen atoms in total. The molecule has 3 aromatic rings. The first-order valence-electron chi connectivity index (χ1n) is 7.83. The first-order chi connectivity index (χ1) is 12.4. The van der Waals surface area contributed by atoms with Crippen LogP contribution in [0.3, 0.4) is 0 Å². The topological polar surface area (TPSA) is 84.2 Å². The van der Waals surface area contributed by atoms with Gasteiger partial charge in [-0.3, -0.25) is 9.59 Å². The van der Waals surface area contributed by atoms with Crippen LogP contribution in [0.2, 0.25) is 5.02 Å². The number of aromatic nitrogens is 2. The SMILES string of the molecule is Cc1cccc(-n2nc(C(=O)Nc3cccc(Cl)c3C)c(O)cc2=O)c1. The Bertz CT molecular complexity index is 1060. The van der Waals surface area contributed by atoms with Gasteiger partial charge in [-0.2, -0.15) is 9.78 Å². The number of hydrogen-bond donors (Lipinski definition) is 2. The van der Waals surface area contributed by atoms with Gasteiger partial charge in [0.2, 0.25) is 0 Å². The molecular formula is C19H16ClN3O3. The standard InChI is InChI=1S/C19H16ClN3O3/c1-11-5-3-6-13(9-11)23-17(25)10-16(24)18(22-23)19(26)21-15-8-4-7-14(20)12(15)2/h3-10,24H,1-2H3,(H,21,26). The van der Waals surface area contributed by atoms with E-state index in [-0.39, 0.29) is 5.69 Å². The number of rotatable bonds is 3. The zero-order valence-corrected chi connectivity index (χ0v) is 14.9. The highest BCUT2D eigenvalue weighted by Gasteiger charge is 2.18. The van der Waals surface area contributed by atoms with Gasteiger partial charge in [0.1, 0.15) is 0 Å². The van der Waals surface area contributed by atoms with Crippen molar-refractivity contribution in [2.75, 3.05) is 5.32 Å². The minimum atomic E-state index is -0.644. The second-order valence-electron chi connectivity index (χ2n) is 5.83. The molecule has 132 valence electrons. The van der Waals surface area contributed by atoms with E-state index >= 15 is 0 Å². The molecule has 26 heavy (non-hydrogen) atoms. The molecule has 0 fully saturated rings. The van der Waals surface area contributed by atoms with Gasteiger partial charge in [-0.15, -0.1) is 0 Å². The lowest BCUT2D eigenvalue weighted by Crippen LogP contribution is -2.25. The normalized spacial score (nSPS) is 10.6. The molecule has 0 saturated heterocycles. The van der Waals surface area contributed by atoms with E-state index in [1.807, 2.05) is 13.0 Å². The summed E-state index contributed by atoms with van der Waals surface area (Å²) < 4.78 is 1.08. The number of halogens is 1. The summed E-state index contributed by atoms with van der Waals surface area (Å²) in [6, 6.07) is 13.2. The van der Waals surface area contributed by atoms with Crippen LogP contribution in [0.4, 0.5) is 5.69 Å². The Morgan fingerprint density at radius 2 is 1.88 bits per heavy atom. The van der Waals surface area contributed by atoms with Gasteiger partial charge < -0.3 is 10.4 Å². The van der Waals surface area contributed by atoms with E-state index < -0.39 is 17.2 Å². The number of carbonyl (C=O) groups is 1. The van der Waals surface area contributed by atoms with Crippen LogP contribution in [0, 0.1) is 13.8 Å². The molecule has 2 N–H and O–H groups in total. The lowest BCUT2D eigenvalue weighted by Gasteiger charge is -2.11. The molecule has 1 aromatic heterocycles. The van der Waals surface area contributed by atoms with Crippen LogP contribution in [0.25, 0.3) is 5.69 Å². The van der Waals surface area contributed by atoms with Crippen molar-refractivity contribution in [1.29, 1.82) is 0 Å². The molecule has 0 unspecified atom stereocenters. The lowest BCUT2D eigenvalue weighted by atomic mass is 10.2. The molecule has 1 heterocycles. The highest BCUT2D eigenvalue weighted by molar-refractivity contribution is 6.31. The molecule has 0 aliphatic rings. The van der Waals surface area contributed by atoms with Gasteiger partial charge in [-0.1, -0.05) is 29.8 Å². The molecule has 0 aliphatic carbocycles. The lowest BCUT2D eigenvalue weighted by molar-refractivity contribution is 0.101. The summed E-state index contributed by atoms with van der Waals surface area (Å²) in [6.07, 6.45) is 0. The molecule has 2 aromatic carbocycles. The quantitative estimate of drug-likeness (QED) is 0.740. The summed E-state index contributed by atoms with van der Waals surface area (Å²) in [5.41, 5.74) is 1.83. The number of nitrogens with one attached hydrogen (secondary N) is 1. The van der Waals surface area contributed by atoms with E-state index in [2.05, 4.69) is 10.4 Å². The van der Waals surface area contributed by atoms with Crippen molar-refractivity contribution in [2.45, 2.75) is 13.8 Å². The first-order valence-corrected chi connectivity index (χ1v) is 8.21. The van der Waals surface area contributed by atoms with Crippen molar-refractivity contribution in [2.24, 2.45) is 0 Å². The summed E-state index contributed by atoms with van der Waals surface area (Å²) in [5.74, 6) is -1.13. The second-order valence-corrected chi connectivity index (χ2v) is 6.24. The van der Waals surface area contributed by atoms with E-state index in [9.17, 15) is 14.7 Å². The monoisotopic (exact) mass is 369 g/mol. The molecule has 0 aliphatic heterocycles. The largest absolute Gasteiger partial charge is 0.505 e. The van der Waals surface area contributed by atoms with Crippen LogP contribution >= 0.6 is 11.6 Å². The fourth-order valence-electron chi connectivity index (χ4n) is 2.48. The van der Waals surface area contributed by atoms with Gasteiger partial charge in [-0.25, -0.2) is 0 Å². The number of amides is 1. The van der Waals surface area contributed by atoms with Crippen LogP contribution in [-0.2, 0) is 0 Å². The van der Waals surface area contributed by atoms with E-state index in [0.717, 1.165) is 16.3 Å². The third-order valence-corrected chi connectivity index (χ3v) is 4.30. The van der Waals surface area contributed by atoms with Crippen molar-refractivity contribution in [3.05, 3.63) is 80.7 Å². The van der Waals surface area contributed by atoms with E-state index in [1.54, 1.807) is 43.3 Å². The predicted octanol–water partition coefficient (Wildman–Crippen LogP) is 3.46. The maximum atomic E-state index is 12.6. The van der Waals surface area contributed by atoms with Crippen molar-refractivity contribution >= 4 is 23.2 Å². The summed E-state index contributed by atoms with van der Waals surface area (Å²) in [5, 5.41) is 17.2. The Labute approximate surface area is 154 Å². The van der Waals surface area contributed by atoms with Crippen LogP contribution in [0.15, 0.2) is 53.3 Å². The van der Waals surface area contributed by atoms with Crippen molar-refractivity contribution in [3.63, 3.8) is 0 Å². The summed E-state index contributed by atoms with van der Waals surface area (Å²) in [6.45, 7) is 3.64. The van der Waals surface area contributed by atoms with E-state index in [1.165, 1.54) is 0 Å². The van der Waals surface area contributed by atoms with Gasteiger partial charge >= 0.3 is 0 Å². The van der Waals surface area contributed by atoms with Crippen LogP contribution in [0.1, 0.15) is 21.6 Å². The number of aromatic hydroxyl groups is 1. The third-order valence-electron chi connectivity index (χ3n) is 3.89. The Morgan fingerprint density at radius 3 is 2.62 bits per heavy atom. The van der Waals surface area contributed by atoms with Crippen LogP contribution < -0.4 is 10.9 Å². The minimum Gasteiger partial charge on any atom is -0.505 e. The molecule has 0 saturated carbocycles. The number of aryl methyl sites for hydroxylation is 1. The number of hydrogen-bond acceptors (Lipinski definition) is 4. The van der Waals surface area contributed by atoms with E-state index in [4.69, 9.17) is 11.6 Å². The predicted molar refractivity (Wildman–Crippen MR) is 100 cm³/mol. The number of anilines is 1. The van der Waals surface area contributed by atoms with Gasteiger partial charge in [-0.05, 0) is 49.2 Å². The first kappa shape index (κ1) is 17.7. The van der Waals surface area contributed by atoms with Crippen molar-refractivity contribution < 1.29 is 9.90 Å². The van der Waals surface area contributed by atoms with Crippen molar-refractivity contribution in [1.82, 2.24) is 9.78 Å². The third kappa shape index (κ3) is 3.45. The van der Waals surface area contributed by atoms with Gasteiger partial charge in [0, 0.05) is 16.8 Å². The number of carbonyl (C=O) groups excluding carboxylic acids is 1. The average Bonchev–Trinajstić information content (AvgIpc) is 2.59. The van der Waals surface area contributed by atoms with E-state index in [0.29, 0.717) is 22.0 Å². The second kappa shape index (κ2) is 7.01. The Balaban J connectivity index is 2.02. The highest BCUT2D eigenvalue weighted by atomic mass is 35.5. The van der Waals surface area contributed by atoms with Gasteiger partial charge in [0.05, 0.1) is 5.69 Å². The molecule has 1 amide bonds. The summed E-state index contributed by atoms with van der Waals surface area (Å²) in [4.78, 5) is 24.7. The summed E-state index contributed by atoms with van der Waals surface area (Å²) in [7, 11) is 0. The zero-order chi connectivity index (χ0) is 18.8.